The molecule has 3 aliphatic rings. The summed E-state index contributed by atoms with van der Waals surface area (Å²) in [5.74, 6) is -1.26. The number of aliphatic hydroxyl groups is 2. The quantitative estimate of drug-likeness (QED) is 0.0550. The van der Waals surface area contributed by atoms with Crippen LogP contribution in [0.5, 0.6) is 23.0 Å². The number of fused-ring (bicyclic) bond motifs is 2. The standard InChI is InChI=1S/C42H48N4O12/c1-4-22-55-42-38(44(2)41(49)57-30-16-14-28(15-17-30)45(50)51)26-36(43-54-3)34-23-27(10-5-7-20-47)33(13-6-8-21-48)39(40(34)42)35-25-32(18-19-37(35)58-42)56-31-12-9-11-29(24-31)46(52)53/h4,9,11-12,14-19,23-25,27,33,38-40,47-48H,1,5-8,10,13,20-22,26H2,2-3H3. The Bertz CT molecular complexity index is 2040. The Kier molecular flexibility index (Phi) is 13.4. The van der Waals surface area contributed by atoms with Crippen molar-refractivity contribution in [2.75, 3.05) is 34.0 Å². The van der Waals surface area contributed by atoms with Crippen LogP contribution in [0.3, 0.4) is 0 Å². The molecule has 0 spiro atoms. The molecule has 1 fully saturated rings. The molecule has 6 rings (SSSR count). The summed E-state index contributed by atoms with van der Waals surface area (Å²) < 4.78 is 25.9. The monoisotopic (exact) mass is 800 g/mol. The molecule has 1 amide bonds. The van der Waals surface area contributed by atoms with E-state index in [2.05, 4.69) is 17.8 Å². The Hall–Kier alpha value is -5.84. The van der Waals surface area contributed by atoms with E-state index in [1.54, 1.807) is 37.4 Å². The number of benzene rings is 3. The number of ether oxygens (including phenoxy) is 4. The Balaban J connectivity index is 1.51. The van der Waals surface area contributed by atoms with Crippen LogP contribution in [-0.4, -0.2) is 82.6 Å². The molecular weight excluding hydrogens is 752 g/mol. The van der Waals surface area contributed by atoms with Gasteiger partial charge in [-0.05, 0) is 79.5 Å². The second kappa shape index (κ2) is 18.6. The van der Waals surface area contributed by atoms with Crippen LogP contribution in [0.2, 0.25) is 0 Å². The number of unbranched alkanes of at least 4 members (excludes halogenated alkanes) is 2. The lowest BCUT2D eigenvalue weighted by Gasteiger charge is -2.59. The Morgan fingerprint density at radius 1 is 0.966 bits per heavy atom. The minimum Gasteiger partial charge on any atom is -0.459 e. The second-order valence-electron chi connectivity index (χ2n) is 14.5. The molecule has 308 valence electrons. The number of non-ortho nitro benzene ring substituents is 2. The number of oxime groups is 1. The van der Waals surface area contributed by atoms with Gasteiger partial charge < -0.3 is 38.9 Å². The maximum atomic E-state index is 14.0. The van der Waals surface area contributed by atoms with Gasteiger partial charge in [0.05, 0.1) is 34.1 Å². The van der Waals surface area contributed by atoms with Crippen molar-refractivity contribution in [2.45, 2.75) is 62.7 Å². The van der Waals surface area contributed by atoms with E-state index in [-0.39, 0.29) is 66.9 Å². The zero-order valence-corrected chi connectivity index (χ0v) is 32.4. The molecule has 0 bridgehead atoms. The fourth-order valence-corrected chi connectivity index (χ4v) is 8.63. The highest BCUT2D eigenvalue weighted by molar-refractivity contribution is 6.03. The maximum Gasteiger partial charge on any atom is 0.415 e. The smallest absolute Gasteiger partial charge is 0.415 e. The molecule has 6 unspecified atom stereocenters. The summed E-state index contributed by atoms with van der Waals surface area (Å²) in [6.45, 7) is 4.04. The van der Waals surface area contributed by atoms with E-state index >= 15 is 0 Å². The van der Waals surface area contributed by atoms with E-state index in [1.807, 2.05) is 6.07 Å². The van der Waals surface area contributed by atoms with Crippen molar-refractivity contribution < 1.29 is 48.6 Å². The first-order valence-electron chi connectivity index (χ1n) is 19.3. The number of hydrogen-bond donors (Lipinski definition) is 2. The minimum absolute atomic E-state index is 0.00525. The number of aliphatic hydroxyl groups excluding tert-OH is 2. The highest BCUT2D eigenvalue weighted by Crippen LogP contribution is 2.62. The van der Waals surface area contributed by atoms with Gasteiger partial charge in [-0.2, -0.15) is 0 Å². The van der Waals surface area contributed by atoms with Crippen molar-refractivity contribution in [1.82, 2.24) is 4.90 Å². The number of nitrogens with zero attached hydrogens (tertiary/aromatic N) is 4. The molecule has 3 aromatic carbocycles. The molecule has 16 nitrogen and oxygen atoms in total. The second-order valence-corrected chi connectivity index (χ2v) is 14.5. The van der Waals surface area contributed by atoms with E-state index in [0.717, 1.165) is 24.0 Å². The number of hydrogen-bond acceptors (Lipinski definition) is 13. The van der Waals surface area contributed by atoms with Crippen LogP contribution in [0, 0.1) is 38.0 Å². The lowest BCUT2D eigenvalue weighted by atomic mass is 9.55. The molecule has 3 aromatic rings. The van der Waals surface area contributed by atoms with E-state index < -0.39 is 33.7 Å². The fourth-order valence-electron chi connectivity index (χ4n) is 8.63. The third kappa shape index (κ3) is 8.68. The highest BCUT2D eigenvalue weighted by Gasteiger charge is 2.65. The molecule has 2 aliphatic carbocycles. The zero-order valence-electron chi connectivity index (χ0n) is 32.4. The Morgan fingerprint density at radius 3 is 2.33 bits per heavy atom. The molecule has 16 heteroatoms. The third-order valence-electron chi connectivity index (χ3n) is 11.1. The Labute approximate surface area is 335 Å². The SMILES string of the molecule is C=CCOC12Oc3ccc(Oc4cccc([N+](=O)[O-])c4)cc3C3C(CCCCO)C(CCCCO)C=C(C(=NOC)CC1N(C)C(=O)Oc1ccc([N+](=O)[O-])cc1)C32. The normalized spacial score (nSPS) is 23.7. The van der Waals surface area contributed by atoms with Crippen molar-refractivity contribution in [1.29, 1.82) is 0 Å². The predicted molar refractivity (Wildman–Crippen MR) is 212 cm³/mol. The van der Waals surface area contributed by atoms with Crippen LogP contribution in [-0.2, 0) is 9.57 Å². The lowest BCUT2D eigenvalue weighted by molar-refractivity contribution is -0.385. The van der Waals surface area contributed by atoms with Crippen LogP contribution >= 0.6 is 0 Å². The number of likely N-dealkylation sites (N-methyl/N-ethyl adjacent to an activating group) is 1. The molecular formula is C42H48N4O12. The average Bonchev–Trinajstić information content (AvgIpc) is 3.22. The number of nitro benzene ring substituents is 2. The number of allylic oxidation sites excluding steroid dienone is 1. The first-order valence-corrected chi connectivity index (χ1v) is 19.3. The molecule has 1 saturated carbocycles. The van der Waals surface area contributed by atoms with Crippen LogP contribution in [0.25, 0.3) is 0 Å². The number of rotatable bonds is 18. The number of amides is 1. The van der Waals surface area contributed by atoms with Gasteiger partial charge in [0.1, 0.15) is 36.1 Å². The molecule has 1 heterocycles. The number of nitro groups is 2. The van der Waals surface area contributed by atoms with Crippen molar-refractivity contribution in [2.24, 2.45) is 22.9 Å². The summed E-state index contributed by atoms with van der Waals surface area (Å²) in [5.41, 5.74) is 1.93. The first-order chi connectivity index (χ1) is 28.0. The van der Waals surface area contributed by atoms with E-state index in [4.69, 9.17) is 23.8 Å². The van der Waals surface area contributed by atoms with Crippen LogP contribution in [0.1, 0.15) is 56.4 Å². The van der Waals surface area contributed by atoms with Crippen molar-refractivity contribution >= 4 is 23.2 Å². The van der Waals surface area contributed by atoms with Gasteiger partial charge in [0.15, 0.2) is 0 Å². The summed E-state index contributed by atoms with van der Waals surface area (Å²) in [5, 5.41) is 46.9. The topological polar surface area (TPSA) is 206 Å². The summed E-state index contributed by atoms with van der Waals surface area (Å²) >= 11 is 0. The summed E-state index contributed by atoms with van der Waals surface area (Å²) in [4.78, 5) is 42.6. The highest BCUT2D eigenvalue weighted by atomic mass is 16.7. The van der Waals surface area contributed by atoms with Gasteiger partial charge >= 0.3 is 6.09 Å². The third-order valence-corrected chi connectivity index (χ3v) is 11.1. The molecule has 2 N–H and O–H groups in total. The van der Waals surface area contributed by atoms with Gasteiger partial charge in [0, 0.05) is 56.4 Å². The Morgan fingerprint density at radius 2 is 1.66 bits per heavy atom. The van der Waals surface area contributed by atoms with Crippen LogP contribution < -0.4 is 14.2 Å². The van der Waals surface area contributed by atoms with Crippen molar-refractivity contribution in [3.63, 3.8) is 0 Å². The zero-order chi connectivity index (χ0) is 41.4. The lowest BCUT2D eigenvalue weighted by Crippen LogP contribution is -2.69. The largest absolute Gasteiger partial charge is 0.459 e. The van der Waals surface area contributed by atoms with Gasteiger partial charge in [-0.15, -0.1) is 6.58 Å². The van der Waals surface area contributed by atoms with Gasteiger partial charge in [-0.3, -0.25) is 20.2 Å². The molecule has 0 saturated heterocycles. The molecule has 1 aliphatic heterocycles. The molecule has 0 radical (unpaired) electrons. The minimum atomic E-state index is -1.54. The van der Waals surface area contributed by atoms with Crippen LogP contribution in [0.15, 0.2) is 96.2 Å². The molecule has 0 aromatic heterocycles. The van der Waals surface area contributed by atoms with Gasteiger partial charge in [-0.1, -0.05) is 36.2 Å². The summed E-state index contributed by atoms with van der Waals surface area (Å²) in [6, 6.07) is 15.6. The number of carbonyl (C=O) groups is 1. The predicted octanol–water partition coefficient (Wildman–Crippen LogP) is 7.69. The average molecular weight is 801 g/mol. The van der Waals surface area contributed by atoms with Crippen LogP contribution in [0.4, 0.5) is 16.2 Å². The van der Waals surface area contributed by atoms with Gasteiger partial charge in [-0.25, -0.2) is 4.79 Å². The van der Waals surface area contributed by atoms with Crippen molar-refractivity contribution in [3.05, 3.63) is 117 Å². The van der Waals surface area contributed by atoms with E-state index in [9.17, 15) is 35.2 Å². The first kappa shape index (κ1) is 41.8. The maximum absolute atomic E-state index is 14.0. The van der Waals surface area contributed by atoms with E-state index in [0.29, 0.717) is 42.9 Å². The molecule has 6 atom stereocenters. The van der Waals surface area contributed by atoms with Gasteiger partial charge in [0.25, 0.3) is 11.4 Å². The summed E-state index contributed by atoms with van der Waals surface area (Å²) in [7, 11) is 3.02. The number of carbonyl (C=O) groups excluding carboxylic acids is 1. The fraction of sp³-hybridized carbons (Fsp3) is 0.429. The van der Waals surface area contributed by atoms with Gasteiger partial charge in [0.2, 0.25) is 5.79 Å². The van der Waals surface area contributed by atoms with Crippen molar-refractivity contribution in [3.8, 4) is 23.0 Å². The van der Waals surface area contributed by atoms with E-state index in [1.165, 1.54) is 48.4 Å². The molecule has 58 heavy (non-hydrogen) atoms. The summed E-state index contributed by atoms with van der Waals surface area (Å²) in [6.07, 6.45) is 7.31.